The maximum absolute atomic E-state index is 14.5. The van der Waals surface area contributed by atoms with Crippen LogP contribution in [0.2, 0.25) is 0 Å². The fourth-order valence-electron chi connectivity index (χ4n) is 2.05. The third-order valence-corrected chi connectivity index (χ3v) is 4.25. The van der Waals surface area contributed by atoms with Crippen LogP contribution in [-0.2, 0) is 9.47 Å². The van der Waals surface area contributed by atoms with Crippen LogP contribution < -0.4 is 0 Å². The summed E-state index contributed by atoms with van der Waals surface area (Å²) in [6, 6.07) is 0. The molecule has 0 saturated heterocycles. The average Bonchev–Trinajstić information content (AvgIpc) is 2.76. The number of hydrogen-bond donors (Lipinski definition) is 0. The van der Waals surface area contributed by atoms with Crippen molar-refractivity contribution in [3.63, 3.8) is 0 Å². The molecule has 5 heteroatoms. The van der Waals surface area contributed by atoms with Gasteiger partial charge in [-0.2, -0.15) is 4.39 Å². The van der Waals surface area contributed by atoms with E-state index in [0.29, 0.717) is 24.5 Å². The summed E-state index contributed by atoms with van der Waals surface area (Å²) in [6.07, 6.45) is 4.23. The Bertz CT molecular complexity index is 854. The van der Waals surface area contributed by atoms with E-state index in [9.17, 15) is 13.2 Å². The van der Waals surface area contributed by atoms with E-state index in [-0.39, 0.29) is 35.0 Å². The molecule has 0 radical (unpaired) electrons. The first-order valence-corrected chi connectivity index (χ1v) is 10.3. The molecule has 0 aliphatic heterocycles. The van der Waals surface area contributed by atoms with Gasteiger partial charge in [-0.25, -0.2) is 8.78 Å². The highest BCUT2D eigenvalue weighted by Crippen LogP contribution is 2.28. The van der Waals surface area contributed by atoms with E-state index in [1.54, 1.807) is 6.92 Å². The SMILES string of the molecule is C=C(/C=C\C(=C)C(=C)/C(F)=C\C(=C)C(C)OCC(C)C)C(=C)/C(F)=C(/F)C(=C)OCCC. The summed E-state index contributed by atoms with van der Waals surface area (Å²) in [5, 5.41) is 0. The maximum Gasteiger partial charge on any atom is 0.200 e. The van der Waals surface area contributed by atoms with Gasteiger partial charge in [0, 0.05) is 17.8 Å². The number of rotatable bonds is 15. The smallest absolute Gasteiger partial charge is 0.200 e. The first-order chi connectivity index (χ1) is 14.8. The fourth-order valence-corrected chi connectivity index (χ4v) is 2.05. The van der Waals surface area contributed by atoms with E-state index in [4.69, 9.17) is 9.47 Å². The second-order valence-electron chi connectivity index (χ2n) is 7.68. The molecule has 0 spiro atoms. The molecule has 32 heavy (non-hydrogen) atoms. The first-order valence-electron chi connectivity index (χ1n) is 10.3. The molecule has 0 aromatic rings. The molecule has 0 amide bonds. The largest absolute Gasteiger partial charge is 0.491 e. The Balaban J connectivity index is 5.15. The van der Waals surface area contributed by atoms with Crippen LogP contribution in [-0.4, -0.2) is 19.3 Å². The Morgan fingerprint density at radius 2 is 1.38 bits per heavy atom. The Hall–Kier alpha value is -2.79. The molecule has 0 saturated carbocycles. The van der Waals surface area contributed by atoms with E-state index >= 15 is 0 Å². The highest BCUT2D eigenvalue weighted by atomic mass is 19.2. The van der Waals surface area contributed by atoms with Crippen LogP contribution in [0.1, 0.15) is 34.1 Å². The van der Waals surface area contributed by atoms with Crippen molar-refractivity contribution in [1.29, 1.82) is 0 Å². The summed E-state index contributed by atoms with van der Waals surface area (Å²) >= 11 is 0. The molecule has 2 nitrogen and oxygen atoms in total. The van der Waals surface area contributed by atoms with E-state index in [1.807, 2.05) is 20.8 Å². The normalized spacial score (nSPS) is 13.6. The van der Waals surface area contributed by atoms with Gasteiger partial charge >= 0.3 is 0 Å². The minimum Gasteiger partial charge on any atom is -0.491 e. The van der Waals surface area contributed by atoms with Gasteiger partial charge in [0.25, 0.3) is 0 Å². The Kier molecular flexibility index (Phi) is 13.1. The van der Waals surface area contributed by atoms with E-state index in [0.717, 1.165) is 0 Å². The molecule has 0 aromatic heterocycles. The minimum absolute atomic E-state index is 0.0143. The highest BCUT2D eigenvalue weighted by Gasteiger charge is 2.16. The third kappa shape index (κ3) is 10.0. The zero-order valence-electron chi connectivity index (χ0n) is 19.7. The molecule has 1 atom stereocenters. The van der Waals surface area contributed by atoms with Crippen LogP contribution in [0.4, 0.5) is 13.2 Å². The van der Waals surface area contributed by atoms with Crippen LogP contribution in [0.5, 0.6) is 0 Å². The average molecular weight is 449 g/mol. The van der Waals surface area contributed by atoms with Crippen molar-refractivity contribution < 1.29 is 22.6 Å². The van der Waals surface area contributed by atoms with E-state index < -0.39 is 23.2 Å². The quantitative estimate of drug-likeness (QED) is 0.185. The van der Waals surface area contributed by atoms with Gasteiger partial charge in [-0.3, -0.25) is 0 Å². The predicted molar refractivity (Wildman–Crippen MR) is 129 cm³/mol. The molecule has 1 unspecified atom stereocenters. The lowest BCUT2D eigenvalue weighted by molar-refractivity contribution is 0.0715. The van der Waals surface area contributed by atoms with Gasteiger partial charge in [-0.1, -0.05) is 72.4 Å². The molecule has 176 valence electrons. The molecule has 0 aliphatic rings. The van der Waals surface area contributed by atoms with Crippen LogP contribution in [0.3, 0.4) is 0 Å². The second kappa shape index (κ2) is 14.3. The topological polar surface area (TPSA) is 18.5 Å². The van der Waals surface area contributed by atoms with Gasteiger partial charge < -0.3 is 9.47 Å². The summed E-state index contributed by atoms with van der Waals surface area (Å²) in [4.78, 5) is 0. The maximum atomic E-state index is 14.5. The van der Waals surface area contributed by atoms with Crippen molar-refractivity contribution in [1.82, 2.24) is 0 Å². The standard InChI is InChI=1S/C27H35F3O2/c1-11-14-31-24(10)27(30)26(29)22(8)19(5)13-12-18(4)21(7)25(28)15-20(6)23(9)32-16-17(2)3/h12-13,15,17,23H,4-8,10-11,14,16H2,1-3,9H3/b13-12-,25-15+,27-26-. The summed E-state index contributed by atoms with van der Waals surface area (Å²) in [7, 11) is 0. The van der Waals surface area contributed by atoms with Gasteiger partial charge in [0.1, 0.15) is 5.83 Å². The Labute approximate surface area is 191 Å². The Morgan fingerprint density at radius 1 is 0.844 bits per heavy atom. The van der Waals surface area contributed by atoms with Crippen molar-refractivity contribution in [3.05, 3.63) is 109 Å². The van der Waals surface area contributed by atoms with Crippen molar-refractivity contribution in [2.75, 3.05) is 13.2 Å². The van der Waals surface area contributed by atoms with Crippen molar-refractivity contribution in [2.24, 2.45) is 5.92 Å². The highest BCUT2D eigenvalue weighted by molar-refractivity contribution is 5.53. The van der Waals surface area contributed by atoms with Gasteiger partial charge in [0.2, 0.25) is 5.83 Å². The van der Waals surface area contributed by atoms with Gasteiger partial charge in [-0.15, -0.1) is 0 Å². The second-order valence-corrected chi connectivity index (χ2v) is 7.68. The molecule has 0 rings (SSSR count). The predicted octanol–water partition coefficient (Wildman–Crippen LogP) is 8.33. The van der Waals surface area contributed by atoms with Crippen LogP contribution in [0, 0.1) is 5.92 Å². The van der Waals surface area contributed by atoms with Crippen molar-refractivity contribution >= 4 is 0 Å². The lowest BCUT2D eigenvalue weighted by Crippen LogP contribution is -2.13. The molecular weight excluding hydrogens is 413 g/mol. The molecular formula is C27H35F3O2. The fraction of sp³-hybridized carbons (Fsp3) is 0.333. The molecule has 0 aromatic carbocycles. The van der Waals surface area contributed by atoms with Crippen LogP contribution in [0.15, 0.2) is 109 Å². The van der Waals surface area contributed by atoms with Gasteiger partial charge in [0.15, 0.2) is 11.6 Å². The lowest BCUT2D eigenvalue weighted by atomic mass is 10.0. The monoisotopic (exact) mass is 448 g/mol. The molecule has 0 aliphatic carbocycles. The van der Waals surface area contributed by atoms with Crippen LogP contribution >= 0.6 is 0 Å². The third-order valence-electron chi connectivity index (χ3n) is 4.25. The van der Waals surface area contributed by atoms with Crippen molar-refractivity contribution in [2.45, 2.75) is 40.2 Å². The zero-order valence-corrected chi connectivity index (χ0v) is 19.7. The molecule has 0 N–H and O–H groups in total. The van der Waals surface area contributed by atoms with Gasteiger partial charge in [-0.05, 0) is 42.1 Å². The summed E-state index contributed by atoms with van der Waals surface area (Å²) in [5.41, 5.74) is 0.461. The van der Waals surface area contributed by atoms with Crippen molar-refractivity contribution in [3.8, 4) is 0 Å². The molecule has 0 fully saturated rings. The first kappa shape index (κ1) is 29.2. The number of allylic oxidation sites excluding steroid dienone is 9. The van der Waals surface area contributed by atoms with E-state index in [2.05, 4.69) is 39.5 Å². The van der Waals surface area contributed by atoms with Gasteiger partial charge in [0.05, 0.1) is 12.7 Å². The summed E-state index contributed by atoms with van der Waals surface area (Å²) < 4.78 is 53.5. The number of ether oxygens (including phenoxy) is 2. The Morgan fingerprint density at radius 3 is 1.88 bits per heavy atom. The number of halogens is 3. The summed E-state index contributed by atoms with van der Waals surface area (Å²) in [6.45, 7) is 30.1. The minimum atomic E-state index is -1.25. The number of hydrogen-bond acceptors (Lipinski definition) is 2. The van der Waals surface area contributed by atoms with E-state index in [1.165, 1.54) is 18.2 Å². The molecule has 0 heterocycles. The summed E-state index contributed by atoms with van der Waals surface area (Å²) in [5.74, 6) is -3.18. The van der Waals surface area contributed by atoms with Crippen LogP contribution in [0.25, 0.3) is 0 Å². The lowest BCUT2D eigenvalue weighted by Gasteiger charge is -2.15. The molecule has 0 bridgehead atoms. The zero-order chi connectivity index (χ0) is 25.0.